The van der Waals surface area contributed by atoms with E-state index in [0.29, 0.717) is 30.6 Å². The largest absolute Gasteiger partial charge is 0.398 e. The summed E-state index contributed by atoms with van der Waals surface area (Å²) in [6, 6.07) is 5.68. The van der Waals surface area contributed by atoms with Crippen LogP contribution in [0.2, 0.25) is 0 Å². The number of benzene rings is 1. The number of methoxy groups -OCH3 is 1. The van der Waals surface area contributed by atoms with Crippen molar-refractivity contribution in [1.82, 2.24) is 20.2 Å². The molecule has 0 radical (unpaired) electrons. The van der Waals surface area contributed by atoms with Gasteiger partial charge >= 0.3 is 0 Å². The van der Waals surface area contributed by atoms with Crippen molar-refractivity contribution in [2.75, 3.05) is 19.5 Å². The number of nitrogens with two attached hydrogens (primary N) is 1. The first-order valence-electron chi connectivity index (χ1n) is 5.92. The van der Waals surface area contributed by atoms with Gasteiger partial charge in [-0.25, -0.2) is 4.68 Å². The van der Waals surface area contributed by atoms with Crippen LogP contribution in [0, 0.1) is 5.92 Å². The van der Waals surface area contributed by atoms with Crippen molar-refractivity contribution in [3.63, 3.8) is 0 Å². The predicted octanol–water partition coefficient (Wildman–Crippen LogP) is 1.97. The number of rotatable bonds is 5. The highest BCUT2D eigenvalue weighted by atomic mass is 79.9. The second kappa shape index (κ2) is 6.12. The molecule has 0 aliphatic carbocycles. The second-order valence-corrected chi connectivity index (χ2v) is 5.34. The summed E-state index contributed by atoms with van der Waals surface area (Å²) in [6.07, 6.45) is 0. The van der Waals surface area contributed by atoms with Gasteiger partial charge in [-0.15, -0.1) is 5.10 Å². The highest BCUT2D eigenvalue weighted by Crippen LogP contribution is 2.25. The highest BCUT2D eigenvalue weighted by molar-refractivity contribution is 9.10. The molecule has 2 rings (SSSR count). The molecule has 6 nitrogen and oxygen atoms in total. The number of halogens is 1. The quantitative estimate of drug-likeness (QED) is 0.850. The van der Waals surface area contributed by atoms with Crippen LogP contribution in [0.15, 0.2) is 22.7 Å². The Balaban J connectivity index is 2.25. The van der Waals surface area contributed by atoms with Crippen LogP contribution in [0.25, 0.3) is 11.4 Å². The van der Waals surface area contributed by atoms with Gasteiger partial charge in [0, 0.05) is 29.4 Å². The van der Waals surface area contributed by atoms with Gasteiger partial charge in [0.1, 0.15) is 0 Å². The summed E-state index contributed by atoms with van der Waals surface area (Å²) in [5.41, 5.74) is 7.44. The van der Waals surface area contributed by atoms with Crippen LogP contribution < -0.4 is 5.73 Å². The Morgan fingerprint density at radius 3 is 2.95 bits per heavy atom. The topological polar surface area (TPSA) is 78.8 Å². The summed E-state index contributed by atoms with van der Waals surface area (Å²) in [4.78, 5) is 0. The number of hydrogen-bond donors (Lipinski definition) is 1. The van der Waals surface area contributed by atoms with E-state index in [9.17, 15) is 0 Å². The lowest BCUT2D eigenvalue weighted by Gasteiger charge is -2.11. The van der Waals surface area contributed by atoms with Crippen molar-refractivity contribution in [3.8, 4) is 11.4 Å². The van der Waals surface area contributed by atoms with E-state index in [2.05, 4.69) is 38.4 Å². The van der Waals surface area contributed by atoms with Gasteiger partial charge in [0.15, 0.2) is 5.82 Å². The molecule has 2 aromatic rings. The van der Waals surface area contributed by atoms with Crippen LogP contribution >= 0.6 is 15.9 Å². The summed E-state index contributed by atoms with van der Waals surface area (Å²) in [5.74, 6) is 1.04. The normalized spacial score (nSPS) is 12.6. The third-order valence-corrected chi connectivity index (χ3v) is 3.44. The predicted molar refractivity (Wildman–Crippen MR) is 76.4 cm³/mol. The van der Waals surface area contributed by atoms with E-state index in [0.717, 1.165) is 10.0 Å². The molecule has 1 unspecified atom stereocenters. The van der Waals surface area contributed by atoms with Crippen LogP contribution in [0.4, 0.5) is 5.69 Å². The molecule has 2 N–H and O–H groups in total. The van der Waals surface area contributed by atoms with Crippen LogP contribution in [0.5, 0.6) is 0 Å². The van der Waals surface area contributed by atoms with Crippen LogP contribution in [-0.2, 0) is 11.3 Å². The van der Waals surface area contributed by atoms with Crippen molar-refractivity contribution in [1.29, 1.82) is 0 Å². The summed E-state index contributed by atoms with van der Waals surface area (Å²) in [5, 5.41) is 11.8. The monoisotopic (exact) mass is 325 g/mol. The average molecular weight is 326 g/mol. The Hall–Kier alpha value is -1.47. The summed E-state index contributed by atoms with van der Waals surface area (Å²) >= 11 is 3.37. The highest BCUT2D eigenvalue weighted by Gasteiger charge is 2.12. The maximum atomic E-state index is 5.88. The molecule has 0 spiro atoms. The lowest BCUT2D eigenvalue weighted by molar-refractivity contribution is 0.149. The average Bonchev–Trinajstić information content (AvgIpc) is 2.81. The molecular formula is C12H16BrN5O. The summed E-state index contributed by atoms with van der Waals surface area (Å²) in [6.45, 7) is 3.46. The maximum Gasteiger partial charge on any atom is 0.182 e. The lowest BCUT2D eigenvalue weighted by atomic mass is 10.1. The molecule has 102 valence electrons. The van der Waals surface area contributed by atoms with E-state index in [4.69, 9.17) is 10.5 Å². The molecule has 0 saturated carbocycles. The number of hydrogen-bond acceptors (Lipinski definition) is 5. The molecule has 19 heavy (non-hydrogen) atoms. The van der Waals surface area contributed by atoms with E-state index in [1.807, 2.05) is 18.2 Å². The Bertz CT molecular complexity index is 557. The Morgan fingerprint density at radius 1 is 1.47 bits per heavy atom. The van der Waals surface area contributed by atoms with Gasteiger partial charge in [-0.05, 0) is 50.5 Å². The smallest absolute Gasteiger partial charge is 0.182 e. The van der Waals surface area contributed by atoms with E-state index in [1.165, 1.54) is 0 Å². The first-order valence-corrected chi connectivity index (χ1v) is 6.71. The molecule has 0 aliphatic heterocycles. The number of nitrogen functional groups attached to an aromatic ring is 1. The minimum absolute atomic E-state index is 0.333. The standard InChI is InChI=1S/C12H16BrN5O/c1-8(7-19-2)6-18-12(15-16-17-18)9-3-4-10(13)11(14)5-9/h3-5,8H,6-7,14H2,1-2H3. The number of aromatic nitrogens is 4. The molecule has 0 saturated heterocycles. The molecule has 0 amide bonds. The van der Waals surface area contributed by atoms with Crippen molar-refractivity contribution >= 4 is 21.6 Å². The van der Waals surface area contributed by atoms with Crippen LogP contribution in [0.1, 0.15) is 6.92 Å². The molecule has 1 aromatic carbocycles. The van der Waals surface area contributed by atoms with Crippen molar-refractivity contribution < 1.29 is 4.74 Å². The number of ether oxygens (including phenoxy) is 1. The Kier molecular flexibility index (Phi) is 4.49. The van der Waals surface area contributed by atoms with Crippen molar-refractivity contribution in [2.24, 2.45) is 5.92 Å². The third-order valence-electron chi connectivity index (χ3n) is 2.72. The molecule has 1 aromatic heterocycles. The third kappa shape index (κ3) is 3.30. The van der Waals surface area contributed by atoms with Gasteiger partial charge in [-0.2, -0.15) is 0 Å². The first-order chi connectivity index (χ1) is 9.11. The van der Waals surface area contributed by atoms with Crippen molar-refractivity contribution in [3.05, 3.63) is 22.7 Å². The van der Waals surface area contributed by atoms with E-state index in [-0.39, 0.29) is 0 Å². The number of tetrazole rings is 1. The Labute approximate surface area is 120 Å². The molecule has 7 heteroatoms. The van der Waals surface area contributed by atoms with Gasteiger partial charge in [-0.1, -0.05) is 6.92 Å². The van der Waals surface area contributed by atoms with Crippen LogP contribution in [0.3, 0.4) is 0 Å². The minimum atomic E-state index is 0.333. The van der Waals surface area contributed by atoms with Gasteiger partial charge in [0.05, 0.1) is 6.61 Å². The number of anilines is 1. The van der Waals surface area contributed by atoms with Gasteiger partial charge in [-0.3, -0.25) is 0 Å². The molecule has 1 heterocycles. The number of nitrogens with zero attached hydrogens (tertiary/aromatic N) is 4. The molecule has 1 atom stereocenters. The molecule has 0 aliphatic rings. The maximum absolute atomic E-state index is 5.88. The van der Waals surface area contributed by atoms with E-state index in [1.54, 1.807) is 11.8 Å². The van der Waals surface area contributed by atoms with Gasteiger partial charge < -0.3 is 10.5 Å². The van der Waals surface area contributed by atoms with Gasteiger partial charge in [0.25, 0.3) is 0 Å². The zero-order valence-electron chi connectivity index (χ0n) is 10.9. The fourth-order valence-corrected chi connectivity index (χ4v) is 2.10. The second-order valence-electron chi connectivity index (χ2n) is 4.48. The van der Waals surface area contributed by atoms with Crippen molar-refractivity contribution in [2.45, 2.75) is 13.5 Å². The molecule has 0 fully saturated rings. The summed E-state index contributed by atoms with van der Waals surface area (Å²) in [7, 11) is 1.69. The zero-order chi connectivity index (χ0) is 13.8. The molecule has 0 bridgehead atoms. The SMILES string of the molecule is COCC(C)Cn1nnnc1-c1ccc(Br)c(N)c1. The zero-order valence-corrected chi connectivity index (χ0v) is 12.5. The fourth-order valence-electron chi connectivity index (χ4n) is 1.85. The van der Waals surface area contributed by atoms with Gasteiger partial charge in [0.2, 0.25) is 0 Å². The first kappa shape index (κ1) is 14.0. The Morgan fingerprint density at radius 2 is 2.26 bits per heavy atom. The fraction of sp³-hybridized carbons (Fsp3) is 0.417. The van der Waals surface area contributed by atoms with E-state index >= 15 is 0 Å². The molecular weight excluding hydrogens is 310 g/mol. The van der Waals surface area contributed by atoms with Crippen LogP contribution in [-0.4, -0.2) is 33.9 Å². The summed E-state index contributed by atoms with van der Waals surface area (Å²) < 4.78 is 7.76. The lowest BCUT2D eigenvalue weighted by Crippen LogP contribution is -2.14. The minimum Gasteiger partial charge on any atom is -0.398 e. The van der Waals surface area contributed by atoms with E-state index < -0.39 is 0 Å².